The predicted molar refractivity (Wildman–Crippen MR) is 110 cm³/mol. The first-order chi connectivity index (χ1) is 13.2. The van der Waals surface area contributed by atoms with Crippen LogP contribution in [0.3, 0.4) is 0 Å². The average molecular weight is 386 g/mol. The summed E-state index contributed by atoms with van der Waals surface area (Å²) in [5, 5.41) is 1.84. The third kappa shape index (κ3) is 4.80. The van der Waals surface area contributed by atoms with Crippen LogP contribution in [-0.4, -0.2) is 46.9 Å². The van der Waals surface area contributed by atoms with Crippen LogP contribution in [0.5, 0.6) is 0 Å². The lowest BCUT2D eigenvalue weighted by Gasteiger charge is -2.32. The minimum absolute atomic E-state index is 0.361. The lowest BCUT2D eigenvalue weighted by Crippen LogP contribution is -2.36. The van der Waals surface area contributed by atoms with Crippen molar-refractivity contribution in [1.82, 2.24) is 14.8 Å². The Morgan fingerprint density at radius 2 is 1.96 bits per heavy atom. The molecule has 0 aliphatic carbocycles. The number of piperidine rings is 1. The van der Waals surface area contributed by atoms with Crippen molar-refractivity contribution in [1.29, 1.82) is 0 Å². The number of carbonyl (C=O) groups excluding carboxylic acids is 1. The van der Waals surface area contributed by atoms with E-state index in [1.165, 1.54) is 25.7 Å². The van der Waals surface area contributed by atoms with E-state index in [0.717, 1.165) is 60.8 Å². The zero-order valence-corrected chi connectivity index (χ0v) is 16.6. The fraction of sp³-hybridized carbons (Fsp3) is 0.545. The molecule has 2 aliphatic rings. The molecule has 2 saturated heterocycles. The molecule has 4 nitrogen and oxygen atoms in total. The first kappa shape index (κ1) is 18.7. The lowest BCUT2D eigenvalue weighted by atomic mass is 9.93. The fourth-order valence-corrected chi connectivity index (χ4v) is 4.62. The van der Waals surface area contributed by atoms with Gasteiger partial charge in [-0.15, -0.1) is 0 Å². The highest BCUT2D eigenvalue weighted by Crippen LogP contribution is 2.24. The number of rotatable bonds is 5. The van der Waals surface area contributed by atoms with E-state index < -0.39 is 0 Å². The molecule has 2 fully saturated rings. The molecule has 0 spiro atoms. The first-order valence-corrected chi connectivity index (χ1v) is 10.6. The Labute approximate surface area is 166 Å². The molecule has 1 aromatic carbocycles. The first-order valence-electron chi connectivity index (χ1n) is 10.2. The Morgan fingerprint density at radius 3 is 2.81 bits per heavy atom. The molecule has 1 aromatic heterocycles. The van der Waals surface area contributed by atoms with Gasteiger partial charge in [0, 0.05) is 43.0 Å². The van der Waals surface area contributed by atoms with Crippen LogP contribution in [0.1, 0.15) is 44.2 Å². The van der Waals surface area contributed by atoms with Crippen LogP contribution in [0.4, 0.5) is 0 Å². The molecule has 0 saturated carbocycles. The summed E-state index contributed by atoms with van der Waals surface area (Å²) in [7, 11) is 0. The van der Waals surface area contributed by atoms with Crippen LogP contribution in [0.2, 0.25) is 5.02 Å². The highest BCUT2D eigenvalue weighted by molar-refractivity contribution is 6.31. The summed E-state index contributed by atoms with van der Waals surface area (Å²) in [6, 6.07) is 10.1. The van der Waals surface area contributed by atoms with Crippen molar-refractivity contribution in [3.63, 3.8) is 0 Å². The van der Waals surface area contributed by atoms with Gasteiger partial charge < -0.3 is 4.90 Å². The Morgan fingerprint density at radius 1 is 1.11 bits per heavy atom. The normalized spacial score (nSPS) is 21.1. The average Bonchev–Trinajstić information content (AvgIpc) is 3.21. The number of halogens is 1. The fourth-order valence-electron chi connectivity index (χ4n) is 4.44. The molecule has 27 heavy (non-hydrogen) atoms. The maximum atomic E-state index is 12.3. The molecule has 1 unspecified atom stereocenters. The number of hydrogen-bond donors (Lipinski definition) is 0. The van der Waals surface area contributed by atoms with E-state index in [1.54, 1.807) is 0 Å². The minimum Gasteiger partial charge on any atom is -0.343 e. The van der Waals surface area contributed by atoms with Gasteiger partial charge in [-0.2, -0.15) is 0 Å². The smallest absolute Gasteiger partial charge is 0.222 e. The Bertz CT molecular complexity index is 803. The second kappa shape index (κ2) is 8.57. The summed E-state index contributed by atoms with van der Waals surface area (Å²) < 4.78 is 0. The van der Waals surface area contributed by atoms with E-state index >= 15 is 0 Å². The number of nitrogens with zero attached hydrogens (tertiary/aromatic N) is 3. The molecule has 4 rings (SSSR count). The van der Waals surface area contributed by atoms with Crippen LogP contribution in [-0.2, 0) is 11.3 Å². The van der Waals surface area contributed by atoms with Gasteiger partial charge in [0.1, 0.15) is 0 Å². The third-order valence-corrected chi connectivity index (χ3v) is 6.16. The lowest BCUT2D eigenvalue weighted by molar-refractivity contribution is -0.130. The van der Waals surface area contributed by atoms with Gasteiger partial charge in [-0.3, -0.25) is 14.7 Å². The van der Waals surface area contributed by atoms with Crippen LogP contribution >= 0.6 is 11.6 Å². The van der Waals surface area contributed by atoms with Crippen molar-refractivity contribution in [2.24, 2.45) is 5.92 Å². The van der Waals surface area contributed by atoms with E-state index in [9.17, 15) is 4.79 Å². The molecule has 144 valence electrons. The molecule has 0 bridgehead atoms. The number of carbonyl (C=O) groups is 1. The highest BCUT2D eigenvalue weighted by atomic mass is 35.5. The zero-order valence-electron chi connectivity index (χ0n) is 15.9. The highest BCUT2D eigenvalue weighted by Gasteiger charge is 2.23. The van der Waals surface area contributed by atoms with Crippen LogP contribution in [0.15, 0.2) is 30.3 Å². The van der Waals surface area contributed by atoms with Crippen LogP contribution < -0.4 is 0 Å². The summed E-state index contributed by atoms with van der Waals surface area (Å²) in [6.45, 7) is 5.02. The second-order valence-corrected chi connectivity index (χ2v) is 8.45. The Kier molecular flexibility index (Phi) is 5.94. The van der Waals surface area contributed by atoms with E-state index in [1.807, 2.05) is 23.1 Å². The van der Waals surface area contributed by atoms with E-state index in [4.69, 9.17) is 16.6 Å². The number of fused-ring (bicyclic) bond motifs is 1. The summed E-state index contributed by atoms with van der Waals surface area (Å²) in [4.78, 5) is 21.6. The molecule has 1 amide bonds. The van der Waals surface area contributed by atoms with Crippen LogP contribution in [0.25, 0.3) is 10.9 Å². The van der Waals surface area contributed by atoms with Crippen molar-refractivity contribution >= 4 is 28.4 Å². The van der Waals surface area contributed by atoms with E-state index in [2.05, 4.69) is 17.0 Å². The standard InChI is InChI=1S/C22H28ClN3O/c23-19-7-9-21-18(14-19)6-8-20(24-21)16-25-11-3-4-17(15-25)5-10-22(27)26-12-1-2-13-26/h6-9,14,17H,1-5,10-13,15-16H2. The number of likely N-dealkylation sites (tertiary alicyclic amines) is 2. The monoisotopic (exact) mass is 385 g/mol. The Hall–Kier alpha value is -1.65. The molecule has 3 heterocycles. The second-order valence-electron chi connectivity index (χ2n) is 8.01. The molecule has 5 heteroatoms. The quantitative estimate of drug-likeness (QED) is 0.760. The van der Waals surface area contributed by atoms with E-state index in [-0.39, 0.29) is 0 Å². The summed E-state index contributed by atoms with van der Waals surface area (Å²) in [5.74, 6) is 0.990. The number of hydrogen-bond acceptors (Lipinski definition) is 3. The van der Waals surface area contributed by atoms with Crippen molar-refractivity contribution in [2.45, 2.75) is 45.1 Å². The molecule has 1 atom stereocenters. The molecule has 0 N–H and O–H groups in total. The summed E-state index contributed by atoms with van der Waals surface area (Å²) in [5.41, 5.74) is 2.11. The maximum Gasteiger partial charge on any atom is 0.222 e. The topological polar surface area (TPSA) is 36.4 Å². The largest absolute Gasteiger partial charge is 0.343 e. The molecule has 2 aliphatic heterocycles. The molecule has 2 aromatic rings. The van der Waals surface area contributed by atoms with Gasteiger partial charge in [0.05, 0.1) is 11.2 Å². The van der Waals surface area contributed by atoms with Crippen molar-refractivity contribution in [2.75, 3.05) is 26.2 Å². The molecular formula is C22H28ClN3O. The summed E-state index contributed by atoms with van der Waals surface area (Å²) >= 11 is 6.06. The minimum atomic E-state index is 0.361. The van der Waals surface area contributed by atoms with Gasteiger partial charge in [-0.05, 0) is 68.8 Å². The Balaban J connectivity index is 1.31. The van der Waals surface area contributed by atoms with Crippen LogP contribution in [0, 0.1) is 5.92 Å². The number of amides is 1. The van der Waals surface area contributed by atoms with Gasteiger partial charge in [-0.25, -0.2) is 0 Å². The van der Waals surface area contributed by atoms with Gasteiger partial charge in [0.25, 0.3) is 0 Å². The maximum absolute atomic E-state index is 12.3. The van der Waals surface area contributed by atoms with E-state index in [0.29, 0.717) is 18.2 Å². The van der Waals surface area contributed by atoms with Gasteiger partial charge in [0.15, 0.2) is 0 Å². The van der Waals surface area contributed by atoms with Crippen molar-refractivity contribution < 1.29 is 4.79 Å². The zero-order chi connectivity index (χ0) is 18.6. The van der Waals surface area contributed by atoms with Crippen molar-refractivity contribution in [3.05, 3.63) is 41.0 Å². The van der Waals surface area contributed by atoms with Gasteiger partial charge >= 0.3 is 0 Å². The van der Waals surface area contributed by atoms with Crippen molar-refractivity contribution in [3.8, 4) is 0 Å². The number of pyridine rings is 1. The molecule has 0 radical (unpaired) electrons. The SMILES string of the molecule is O=C(CCC1CCCN(Cc2ccc3cc(Cl)ccc3n2)C1)N1CCCC1. The van der Waals surface area contributed by atoms with Gasteiger partial charge in [-0.1, -0.05) is 17.7 Å². The third-order valence-electron chi connectivity index (χ3n) is 5.92. The number of aromatic nitrogens is 1. The predicted octanol–water partition coefficient (Wildman–Crippen LogP) is 4.50. The molecular weight excluding hydrogens is 358 g/mol. The summed E-state index contributed by atoms with van der Waals surface area (Å²) in [6.07, 6.45) is 6.55. The number of benzene rings is 1. The van der Waals surface area contributed by atoms with Gasteiger partial charge in [0.2, 0.25) is 5.91 Å².